The van der Waals surface area contributed by atoms with Crippen molar-refractivity contribution in [3.8, 4) is 0 Å². The highest BCUT2D eigenvalue weighted by Crippen LogP contribution is 2.51. The number of amides is 1. The summed E-state index contributed by atoms with van der Waals surface area (Å²) in [5, 5.41) is 14.8. The third-order valence-corrected chi connectivity index (χ3v) is 8.68. The number of aliphatic hydroxyl groups is 1. The normalized spacial score (nSPS) is 26.8. The van der Waals surface area contributed by atoms with Gasteiger partial charge >= 0.3 is 0 Å². The number of carbonyl (C=O) groups is 1. The Kier molecular flexibility index (Phi) is 6.32. The van der Waals surface area contributed by atoms with Crippen molar-refractivity contribution >= 4 is 5.91 Å². The topological polar surface area (TPSA) is 52.6 Å². The molecule has 2 aromatic rings. The van der Waals surface area contributed by atoms with Crippen LogP contribution in [0.3, 0.4) is 0 Å². The molecule has 3 fully saturated rings. The molecular weight excluding hydrogens is 420 g/mol. The summed E-state index contributed by atoms with van der Waals surface area (Å²) in [7, 11) is 0. The van der Waals surface area contributed by atoms with Crippen LogP contribution in [0.2, 0.25) is 0 Å². The Morgan fingerprint density at radius 2 is 1.56 bits per heavy atom. The van der Waals surface area contributed by atoms with Crippen molar-refractivity contribution in [1.82, 2.24) is 10.2 Å². The first-order valence-electron chi connectivity index (χ1n) is 13.1. The maximum Gasteiger partial charge on any atom is 0.256 e. The predicted octanol–water partition coefficient (Wildman–Crippen LogP) is 4.86. The summed E-state index contributed by atoms with van der Waals surface area (Å²) in [5.41, 5.74) is 2.27. The molecule has 1 aliphatic heterocycles. The van der Waals surface area contributed by atoms with Gasteiger partial charge in [-0.15, -0.1) is 0 Å². The highest BCUT2D eigenvalue weighted by molar-refractivity contribution is 5.86. The summed E-state index contributed by atoms with van der Waals surface area (Å²) in [6, 6.07) is 18.6. The number of piperidine rings is 1. The van der Waals surface area contributed by atoms with Crippen LogP contribution >= 0.6 is 0 Å². The first-order valence-corrected chi connectivity index (χ1v) is 13.1. The second-order valence-electron chi connectivity index (χ2n) is 12.0. The van der Waals surface area contributed by atoms with Crippen LogP contribution in [0.15, 0.2) is 54.6 Å². The van der Waals surface area contributed by atoms with Gasteiger partial charge in [0, 0.05) is 32.1 Å². The fourth-order valence-electron chi connectivity index (χ4n) is 6.47. The Balaban J connectivity index is 1.14. The monoisotopic (exact) mass is 460 g/mol. The molecule has 1 unspecified atom stereocenters. The molecule has 1 heterocycles. The molecule has 2 aliphatic carbocycles. The van der Waals surface area contributed by atoms with Gasteiger partial charge in [-0.05, 0) is 52.7 Å². The molecule has 5 rings (SSSR count). The van der Waals surface area contributed by atoms with Crippen LogP contribution in [-0.2, 0) is 22.4 Å². The van der Waals surface area contributed by atoms with E-state index >= 15 is 0 Å². The first-order chi connectivity index (χ1) is 16.3. The first kappa shape index (κ1) is 23.6. The lowest BCUT2D eigenvalue weighted by atomic mass is 9.79. The van der Waals surface area contributed by atoms with E-state index in [9.17, 15) is 9.90 Å². The highest BCUT2D eigenvalue weighted by atomic mass is 16.3. The van der Waals surface area contributed by atoms with Crippen LogP contribution < -0.4 is 5.32 Å². The van der Waals surface area contributed by atoms with Gasteiger partial charge in [-0.1, -0.05) is 88.2 Å². The average Bonchev–Trinajstić information content (AvgIpc) is 3.22. The molecule has 1 saturated heterocycles. The van der Waals surface area contributed by atoms with Crippen molar-refractivity contribution in [2.75, 3.05) is 19.6 Å². The Hall–Kier alpha value is -2.17. The SMILES string of the molecule is CC(C)(C)c1ccc(CN2CC3[C@H](CNC(=O)[C@@](O)(c4ccccc4)C4CCCC4)[C@H]3C2)cc1. The number of benzene rings is 2. The van der Waals surface area contributed by atoms with Crippen molar-refractivity contribution in [2.24, 2.45) is 23.7 Å². The zero-order chi connectivity index (χ0) is 23.9. The van der Waals surface area contributed by atoms with Crippen LogP contribution in [0.1, 0.15) is 63.1 Å². The van der Waals surface area contributed by atoms with Crippen molar-refractivity contribution in [3.63, 3.8) is 0 Å². The largest absolute Gasteiger partial charge is 0.375 e. The number of likely N-dealkylation sites (tertiary alicyclic amines) is 1. The van der Waals surface area contributed by atoms with E-state index in [0.717, 1.165) is 50.9 Å². The summed E-state index contributed by atoms with van der Waals surface area (Å²) in [4.78, 5) is 15.9. The van der Waals surface area contributed by atoms with Crippen LogP contribution in [0.25, 0.3) is 0 Å². The Bertz CT molecular complexity index is 979. The van der Waals surface area contributed by atoms with Crippen molar-refractivity contribution in [3.05, 3.63) is 71.3 Å². The van der Waals surface area contributed by atoms with Gasteiger partial charge in [-0.3, -0.25) is 9.69 Å². The molecule has 3 aliphatic rings. The van der Waals surface area contributed by atoms with E-state index in [4.69, 9.17) is 0 Å². The lowest BCUT2D eigenvalue weighted by Gasteiger charge is -2.33. The van der Waals surface area contributed by atoms with Gasteiger partial charge in [0.1, 0.15) is 0 Å². The molecule has 1 amide bonds. The molecule has 182 valence electrons. The minimum atomic E-state index is -1.41. The molecule has 34 heavy (non-hydrogen) atoms. The third kappa shape index (κ3) is 4.55. The average molecular weight is 461 g/mol. The van der Waals surface area contributed by atoms with Crippen molar-refractivity contribution in [2.45, 2.75) is 64.0 Å². The van der Waals surface area contributed by atoms with Crippen molar-refractivity contribution in [1.29, 1.82) is 0 Å². The van der Waals surface area contributed by atoms with E-state index in [1.807, 2.05) is 30.3 Å². The number of nitrogens with one attached hydrogen (secondary N) is 1. The quantitative estimate of drug-likeness (QED) is 0.621. The number of hydrogen-bond donors (Lipinski definition) is 2. The summed E-state index contributed by atoms with van der Waals surface area (Å²) in [6.45, 7) is 10.7. The molecule has 4 heteroatoms. The molecule has 0 radical (unpaired) electrons. The van der Waals surface area contributed by atoms with E-state index in [2.05, 4.69) is 55.3 Å². The fraction of sp³-hybridized carbons (Fsp3) is 0.567. The number of nitrogens with zero attached hydrogens (tertiary/aromatic N) is 1. The van der Waals surface area contributed by atoms with Crippen molar-refractivity contribution < 1.29 is 9.90 Å². The van der Waals surface area contributed by atoms with Gasteiger partial charge in [0.15, 0.2) is 5.60 Å². The molecule has 0 spiro atoms. The third-order valence-electron chi connectivity index (χ3n) is 8.68. The molecule has 2 saturated carbocycles. The zero-order valence-electron chi connectivity index (χ0n) is 21.0. The zero-order valence-corrected chi connectivity index (χ0v) is 21.0. The smallest absolute Gasteiger partial charge is 0.256 e. The highest BCUT2D eigenvalue weighted by Gasteiger charge is 2.55. The predicted molar refractivity (Wildman–Crippen MR) is 136 cm³/mol. The molecule has 0 aromatic heterocycles. The van der Waals surface area contributed by atoms with Gasteiger partial charge < -0.3 is 10.4 Å². The Morgan fingerprint density at radius 3 is 2.15 bits per heavy atom. The maximum atomic E-state index is 13.3. The molecule has 0 bridgehead atoms. The molecular formula is C30H40N2O2. The van der Waals surface area contributed by atoms with Gasteiger partial charge in [-0.25, -0.2) is 0 Å². The Labute approximate surface area is 204 Å². The van der Waals surface area contributed by atoms with E-state index in [-0.39, 0.29) is 17.2 Å². The second-order valence-corrected chi connectivity index (χ2v) is 12.0. The number of rotatable bonds is 7. The molecule has 4 atom stereocenters. The van der Waals surface area contributed by atoms with Gasteiger partial charge in [-0.2, -0.15) is 0 Å². The standard InChI is InChI=1S/C30H40N2O2/c1-29(2,3)22-15-13-21(14-16-22)18-32-19-26-25(27(26)20-32)17-31-28(33)30(34,24-11-7-8-12-24)23-9-5-4-6-10-23/h4-6,9-10,13-16,24-27,34H,7-8,11-12,17-20H2,1-3H3,(H,31,33)/t25-,26-,27?,30-/m1/s1. The minimum Gasteiger partial charge on any atom is -0.375 e. The van der Waals surface area contributed by atoms with Crippen LogP contribution in [-0.4, -0.2) is 35.5 Å². The van der Waals surface area contributed by atoms with Crippen LogP contribution in [0.4, 0.5) is 0 Å². The molecule has 2 aromatic carbocycles. The van der Waals surface area contributed by atoms with Gasteiger partial charge in [0.2, 0.25) is 0 Å². The number of fused-ring (bicyclic) bond motifs is 1. The van der Waals surface area contributed by atoms with Gasteiger partial charge in [0.25, 0.3) is 5.91 Å². The number of hydrogen-bond acceptors (Lipinski definition) is 3. The van der Waals surface area contributed by atoms with Gasteiger partial charge in [0.05, 0.1) is 0 Å². The second kappa shape index (κ2) is 9.13. The lowest BCUT2D eigenvalue weighted by molar-refractivity contribution is -0.147. The lowest BCUT2D eigenvalue weighted by Crippen LogP contribution is -2.49. The van der Waals surface area contributed by atoms with E-state index in [1.54, 1.807) is 0 Å². The molecule has 4 nitrogen and oxygen atoms in total. The minimum absolute atomic E-state index is 0.00812. The summed E-state index contributed by atoms with van der Waals surface area (Å²) in [5.74, 6) is 1.70. The Morgan fingerprint density at radius 1 is 0.941 bits per heavy atom. The fourth-order valence-corrected chi connectivity index (χ4v) is 6.47. The van der Waals surface area contributed by atoms with E-state index < -0.39 is 5.60 Å². The summed E-state index contributed by atoms with van der Waals surface area (Å²) < 4.78 is 0. The summed E-state index contributed by atoms with van der Waals surface area (Å²) >= 11 is 0. The van der Waals surface area contributed by atoms with E-state index in [1.165, 1.54) is 11.1 Å². The molecule has 2 N–H and O–H groups in total. The summed E-state index contributed by atoms with van der Waals surface area (Å²) in [6.07, 6.45) is 4.02. The van der Waals surface area contributed by atoms with Crippen LogP contribution in [0, 0.1) is 23.7 Å². The maximum absolute atomic E-state index is 13.3. The van der Waals surface area contributed by atoms with Crippen LogP contribution in [0.5, 0.6) is 0 Å². The number of carbonyl (C=O) groups excluding carboxylic acids is 1. The van der Waals surface area contributed by atoms with E-state index in [0.29, 0.717) is 24.3 Å².